The summed E-state index contributed by atoms with van der Waals surface area (Å²) in [5.74, 6) is 0.504. The van der Waals surface area contributed by atoms with Crippen LogP contribution in [0, 0.1) is 13.8 Å². The largest absolute Gasteiger partial charge is 0.497 e. The number of nitrogens with one attached hydrogen (secondary N) is 2. The Labute approximate surface area is 175 Å². The molecule has 0 bridgehead atoms. The van der Waals surface area contributed by atoms with Crippen molar-refractivity contribution in [3.05, 3.63) is 65.5 Å². The van der Waals surface area contributed by atoms with E-state index >= 15 is 0 Å². The number of aromatic nitrogens is 2. The molecule has 156 valence electrons. The molecule has 30 heavy (non-hydrogen) atoms. The van der Waals surface area contributed by atoms with Gasteiger partial charge in [-0.15, -0.1) is 0 Å². The zero-order valence-corrected chi connectivity index (χ0v) is 17.5. The molecule has 0 aliphatic heterocycles. The van der Waals surface area contributed by atoms with Gasteiger partial charge in [-0.3, -0.25) is 4.79 Å². The third-order valence-electron chi connectivity index (χ3n) is 4.79. The van der Waals surface area contributed by atoms with Crippen molar-refractivity contribution in [3.63, 3.8) is 0 Å². The summed E-state index contributed by atoms with van der Waals surface area (Å²) in [5.41, 5.74) is 3.77. The predicted molar refractivity (Wildman–Crippen MR) is 115 cm³/mol. The second kappa shape index (κ2) is 9.26. The molecule has 0 fully saturated rings. The van der Waals surface area contributed by atoms with E-state index in [2.05, 4.69) is 15.3 Å². The monoisotopic (exact) mass is 407 g/mol. The number of aromatic amines is 1. The lowest BCUT2D eigenvalue weighted by Crippen LogP contribution is -2.32. The molecule has 0 spiro atoms. The third-order valence-corrected chi connectivity index (χ3v) is 4.79. The maximum atomic E-state index is 12.5. The molecule has 0 saturated carbocycles. The smallest absolute Gasteiger partial charge is 0.338 e. The van der Waals surface area contributed by atoms with Crippen LogP contribution in [0.4, 0.5) is 5.69 Å². The zero-order valence-electron chi connectivity index (χ0n) is 17.5. The van der Waals surface area contributed by atoms with Crippen LogP contribution in [0.5, 0.6) is 5.75 Å². The number of carbonyl (C=O) groups excluding carboxylic acids is 2. The maximum Gasteiger partial charge on any atom is 0.338 e. The van der Waals surface area contributed by atoms with Gasteiger partial charge in [0, 0.05) is 16.9 Å². The van der Waals surface area contributed by atoms with Gasteiger partial charge in [-0.25, -0.2) is 9.78 Å². The van der Waals surface area contributed by atoms with Crippen LogP contribution in [0.2, 0.25) is 0 Å². The molecular weight excluding hydrogens is 382 g/mol. The molecule has 3 rings (SSSR count). The van der Waals surface area contributed by atoms with Crippen LogP contribution < -0.4 is 10.1 Å². The highest BCUT2D eigenvalue weighted by molar-refractivity contribution is 5.97. The Morgan fingerprint density at radius 2 is 1.73 bits per heavy atom. The van der Waals surface area contributed by atoms with E-state index in [1.807, 2.05) is 13.8 Å². The molecule has 2 N–H and O–H groups in total. The van der Waals surface area contributed by atoms with E-state index in [1.165, 1.54) is 0 Å². The number of carbonyl (C=O) groups is 2. The number of nitrogens with zero attached hydrogens (tertiary/aromatic N) is 1. The Hall–Kier alpha value is -3.61. The fourth-order valence-electron chi connectivity index (χ4n) is 2.87. The number of esters is 1. The van der Waals surface area contributed by atoms with E-state index < -0.39 is 12.1 Å². The quantitative estimate of drug-likeness (QED) is 0.570. The Morgan fingerprint density at radius 3 is 2.27 bits per heavy atom. The first-order valence-corrected chi connectivity index (χ1v) is 9.70. The van der Waals surface area contributed by atoms with Gasteiger partial charge in [-0.05, 0) is 56.7 Å². The number of anilines is 1. The lowest BCUT2D eigenvalue weighted by molar-refractivity contribution is -0.124. The molecule has 1 heterocycles. The predicted octanol–water partition coefficient (Wildman–Crippen LogP) is 4.28. The minimum atomic E-state index is -0.894. The van der Waals surface area contributed by atoms with Crippen molar-refractivity contribution in [2.75, 3.05) is 12.4 Å². The Balaban J connectivity index is 1.64. The number of methoxy groups -OCH3 is 1. The highest BCUT2D eigenvalue weighted by Crippen LogP contribution is 2.20. The van der Waals surface area contributed by atoms with Crippen LogP contribution in [0.3, 0.4) is 0 Å². The maximum absolute atomic E-state index is 12.5. The number of hydrogen-bond acceptors (Lipinski definition) is 5. The van der Waals surface area contributed by atoms with Crippen molar-refractivity contribution >= 4 is 17.6 Å². The molecule has 1 unspecified atom stereocenters. The zero-order chi connectivity index (χ0) is 21.7. The number of ether oxygens (including phenoxy) is 2. The molecule has 7 nitrogen and oxygen atoms in total. The van der Waals surface area contributed by atoms with E-state index in [1.54, 1.807) is 62.6 Å². The van der Waals surface area contributed by atoms with E-state index in [0.29, 0.717) is 23.4 Å². The summed E-state index contributed by atoms with van der Waals surface area (Å²) in [6.45, 7) is 5.68. The minimum Gasteiger partial charge on any atom is -0.497 e. The molecular formula is C23H25N3O4. The van der Waals surface area contributed by atoms with Gasteiger partial charge in [0.1, 0.15) is 11.6 Å². The first-order chi connectivity index (χ1) is 14.4. The summed E-state index contributed by atoms with van der Waals surface area (Å²) in [4.78, 5) is 32.7. The van der Waals surface area contributed by atoms with Crippen molar-refractivity contribution in [1.29, 1.82) is 0 Å². The standard InChI is InChI=1S/C23H25N3O4/c1-5-20(22(27)26-18-10-12-19(29-4)13-11-18)30-23(28)17-8-6-16(7-9-17)21-24-14(2)15(3)25-21/h6-13,20H,5H2,1-4H3,(H,24,25)(H,26,27). The Kier molecular flexibility index (Phi) is 6.51. The first-order valence-electron chi connectivity index (χ1n) is 9.70. The molecule has 1 amide bonds. The molecule has 0 aliphatic rings. The second-order valence-corrected chi connectivity index (χ2v) is 6.89. The normalized spacial score (nSPS) is 11.6. The summed E-state index contributed by atoms with van der Waals surface area (Å²) >= 11 is 0. The summed E-state index contributed by atoms with van der Waals surface area (Å²) in [5, 5.41) is 2.76. The van der Waals surface area contributed by atoms with Gasteiger partial charge in [0.2, 0.25) is 0 Å². The van der Waals surface area contributed by atoms with Gasteiger partial charge < -0.3 is 19.8 Å². The van der Waals surface area contributed by atoms with E-state index in [9.17, 15) is 9.59 Å². The van der Waals surface area contributed by atoms with Crippen LogP contribution in [-0.2, 0) is 9.53 Å². The highest BCUT2D eigenvalue weighted by Gasteiger charge is 2.22. The number of rotatable bonds is 7. The molecule has 0 aliphatic carbocycles. The summed E-state index contributed by atoms with van der Waals surface area (Å²) in [6, 6.07) is 13.9. The van der Waals surface area contributed by atoms with Gasteiger partial charge in [0.15, 0.2) is 6.10 Å². The minimum absolute atomic E-state index is 0.358. The molecule has 1 atom stereocenters. The van der Waals surface area contributed by atoms with E-state index in [-0.39, 0.29) is 5.91 Å². The van der Waals surface area contributed by atoms with Crippen LogP contribution >= 0.6 is 0 Å². The molecule has 3 aromatic rings. The summed E-state index contributed by atoms with van der Waals surface area (Å²) < 4.78 is 10.5. The average Bonchev–Trinajstić information content (AvgIpc) is 3.10. The molecule has 0 saturated heterocycles. The Morgan fingerprint density at radius 1 is 1.07 bits per heavy atom. The number of imidazole rings is 1. The summed E-state index contributed by atoms with van der Waals surface area (Å²) in [6.07, 6.45) is -0.536. The highest BCUT2D eigenvalue weighted by atomic mass is 16.5. The SMILES string of the molecule is CCC(OC(=O)c1ccc(-c2nc(C)c(C)[nH]2)cc1)C(=O)Nc1ccc(OC)cc1. The number of aryl methyl sites for hydroxylation is 2. The Bertz CT molecular complexity index is 1000. The van der Waals surface area contributed by atoms with Crippen LogP contribution in [0.15, 0.2) is 48.5 Å². The van der Waals surface area contributed by atoms with Gasteiger partial charge in [-0.1, -0.05) is 19.1 Å². The molecule has 1 aromatic heterocycles. The van der Waals surface area contributed by atoms with Crippen molar-refractivity contribution in [3.8, 4) is 17.1 Å². The third kappa shape index (κ3) is 4.86. The van der Waals surface area contributed by atoms with E-state index in [0.717, 1.165) is 22.8 Å². The second-order valence-electron chi connectivity index (χ2n) is 6.89. The number of H-pyrrole nitrogens is 1. The summed E-state index contributed by atoms with van der Waals surface area (Å²) in [7, 11) is 1.57. The molecule has 0 radical (unpaired) electrons. The molecule has 7 heteroatoms. The van der Waals surface area contributed by atoms with Crippen molar-refractivity contribution in [2.24, 2.45) is 0 Å². The van der Waals surface area contributed by atoms with Crippen molar-refractivity contribution in [2.45, 2.75) is 33.3 Å². The van der Waals surface area contributed by atoms with Crippen LogP contribution in [0.1, 0.15) is 35.1 Å². The number of hydrogen-bond donors (Lipinski definition) is 2. The molecule has 2 aromatic carbocycles. The van der Waals surface area contributed by atoms with Gasteiger partial charge in [-0.2, -0.15) is 0 Å². The fraction of sp³-hybridized carbons (Fsp3) is 0.261. The topological polar surface area (TPSA) is 93.3 Å². The van der Waals surface area contributed by atoms with Crippen LogP contribution in [-0.4, -0.2) is 35.1 Å². The number of amides is 1. The van der Waals surface area contributed by atoms with E-state index in [4.69, 9.17) is 9.47 Å². The van der Waals surface area contributed by atoms with Gasteiger partial charge in [0.05, 0.1) is 18.4 Å². The number of benzene rings is 2. The lowest BCUT2D eigenvalue weighted by atomic mass is 10.1. The fourth-order valence-corrected chi connectivity index (χ4v) is 2.87. The van der Waals surface area contributed by atoms with Crippen molar-refractivity contribution in [1.82, 2.24) is 9.97 Å². The average molecular weight is 407 g/mol. The lowest BCUT2D eigenvalue weighted by Gasteiger charge is -2.16. The first kappa shape index (κ1) is 21.1. The van der Waals surface area contributed by atoms with Crippen molar-refractivity contribution < 1.29 is 19.1 Å². The van der Waals surface area contributed by atoms with Gasteiger partial charge in [0.25, 0.3) is 5.91 Å². The van der Waals surface area contributed by atoms with Gasteiger partial charge >= 0.3 is 5.97 Å². The van der Waals surface area contributed by atoms with Crippen LogP contribution in [0.25, 0.3) is 11.4 Å².